The van der Waals surface area contributed by atoms with Crippen molar-refractivity contribution >= 4 is 27.1 Å². The van der Waals surface area contributed by atoms with Crippen molar-refractivity contribution in [1.82, 2.24) is 5.32 Å². The van der Waals surface area contributed by atoms with Crippen molar-refractivity contribution in [2.45, 2.75) is 18.1 Å². The summed E-state index contributed by atoms with van der Waals surface area (Å²) in [6.45, 7) is -0.0106. The molecule has 1 aromatic rings. The van der Waals surface area contributed by atoms with Crippen molar-refractivity contribution < 1.29 is 18.1 Å². The van der Waals surface area contributed by atoms with Crippen molar-refractivity contribution in [3.63, 3.8) is 0 Å². The number of nitrogens with zero attached hydrogens (tertiary/aromatic N) is 1. The van der Waals surface area contributed by atoms with Gasteiger partial charge in [-0.1, -0.05) is 6.07 Å². The number of benzene rings is 1. The molecule has 0 radical (unpaired) electrons. The van der Waals surface area contributed by atoms with E-state index in [2.05, 4.69) is 5.32 Å². The van der Waals surface area contributed by atoms with Crippen molar-refractivity contribution in [2.24, 2.45) is 0 Å². The Kier molecular flexibility index (Phi) is 4.12. The van der Waals surface area contributed by atoms with Gasteiger partial charge >= 0.3 is 0 Å². The zero-order valence-corrected chi connectivity index (χ0v) is 11.9. The van der Waals surface area contributed by atoms with E-state index >= 15 is 0 Å². The largest absolute Gasteiger partial charge is 0.393 e. The lowest BCUT2D eigenvalue weighted by Crippen LogP contribution is -2.34. The lowest BCUT2D eigenvalue weighted by atomic mass is 10.1. The number of carbonyl (C=O) groups is 1. The Morgan fingerprint density at radius 2 is 2.19 bits per heavy atom. The van der Waals surface area contributed by atoms with Crippen LogP contribution >= 0.6 is 0 Å². The summed E-state index contributed by atoms with van der Waals surface area (Å²) >= 11 is 0. The molecule has 3 N–H and O–H groups in total. The van der Waals surface area contributed by atoms with Crippen LogP contribution in [0.25, 0.3) is 0 Å². The SMILES string of the molecule is Nc1c(C(=O)NCC2CCCS2(=O)=O)cccc1[N+](=O)[O-]. The molecule has 0 spiro atoms. The van der Waals surface area contributed by atoms with Crippen LogP contribution in [0.3, 0.4) is 0 Å². The van der Waals surface area contributed by atoms with Gasteiger partial charge in [-0.2, -0.15) is 0 Å². The molecule has 1 aliphatic heterocycles. The number of nitrogen functional groups attached to an aromatic ring is 1. The van der Waals surface area contributed by atoms with Crippen LogP contribution < -0.4 is 11.1 Å². The summed E-state index contributed by atoms with van der Waals surface area (Å²) in [6, 6.07) is 3.92. The summed E-state index contributed by atoms with van der Waals surface area (Å²) in [4.78, 5) is 22.1. The summed E-state index contributed by atoms with van der Waals surface area (Å²) in [7, 11) is -3.15. The minimum Gasteiger partial charge on any atom is -0.393 e. The van der Waals surface area contributed by atoms with E-state index < -0.39 is 25.9 Å². The molecule has 114 valence electrons. The number of nitrogens with two attached hydrogens (primary N) is 1. The second kappa shape index (κ2) is 5.68. The molecule has 1 aliphatic rings. The predicted octanol–water partition coefficient (Wildman–Crippen LogP) is 0.484. The van der Waals surface area contributed by atoms with E-state index in [0.29, 0.717) is 12.8 Å². The quantitative estimate of drug-likeness (QED) is 0.472. The second-order valence-corrected chi connectivity index (χ2v) is 7.24. The highest BCUT2D eigenvalue weighted by molar-refractivity contribution is 7.92. The van der Waals surface area contributed by atoms with Crippen LogP contribution in [0.1, 0.15) is 23.2 Å². The summed E-state index contributed by atoms with van der Waals surface area (Å²) in [5, 5.41) is 12.7. The fraction of sp³-hybridized carbons (Fsp3) is 0.417. The van der Waals surface area contributed by atoms with Gasteiger partial charge < -0.3 is 11.1 Å². The number of para-hydroxylation sites is 1. The van der Waals surface area contributed by atoms with Gasteiger partial charge in [-0.3, -0.25) is 14.9 Å². The number of nitro groups is 1. The average molecular weight is 313 g/mol. The first kappa shape index (κ1) is 15.2. The van der Waals surface area contributed by atoms with Gasteiger partial charge in [-0.05, 0) is 18.9 Å². The first-order valence-corrected chi connectivity index (χ1v) is 8.07. The first-order chi connectivity index (χ1) is 9.83. The highest BCUT2D eigenvalue weighted by atomic mass is 32.2. The smallest absolute Gasteiger partial charge is 0.292 e. The highest BCUT2D eigenvalue weighted by Crippen LogP contribution is 2.25. The van der Waals surface area contributed by atoms with Crippen LogP contribution in [0, 0.1) is 10.1 Å². The van der Waals surface area contributed by atoms with Crippen LogP contribution in [0.2, 0.25) is 0 Å². The average Bonchev–Trinajstić information content (AvgIpc) is 2.75. The molecule has 1 unspecified atom stereocenters. The van der Waals surface area contributed by atoms with Crippen molar-refractivity contribution in [1.29, 1.82) is 0 Å². The monoisotopic (exact) mass is 313 g/mol. The van der Waals surface area contributed by atoms with E-state index in [-0.39, 0.29) is 29.2 Å². The molecular formula is C12H15N3O5S. The summed E-state index contributed by atoms with van der Waals surface area (Å²) in [5.41, 5.74) is 4.99. The molecule has 9 heteroatoms. The Bertz CT molecular complexity index is 686. The maximum atomic E-state index is 12.0. The standard InChI is InChI=1S/C12H15N3O5S/c13-11-9(4-1-5-10(11)15(17)18)12(16)14-7-8-3-2-6-21(8,19)20/h1,4-5,8H,2-3,6-7,13H2,(H,14,16). The maximum absolute atomic E-state index is 12.0. The summed E-state index contributed by atoms with van der Waals surface area (Å²) in [6.07, 6.45) is 1.09. The molecule has 1 amide bonds. The van der Waals surface area contributed by atoms with Crippen molar-refractivity contribution in [2.75, 3.05) is 18.0 Å². The normalized spacial score (nSPS) is 20.1. The molecule has 2 rings (SSSR count). The lowest BCUT2D eigenvalue weighted by Gasteiger charge is -2.11. The molecule has 1 aromatic carbocycles. The molecular weight excluding hydrogens is 298 g/mol. The predicted molar refractivity (Wildman–Crippen MR) is 76.7 cm³/mol. The Hall–Kier alpha value is -2.16. The molecule has 1 atom stereocenters. The minimum atomic E-state index is -3.15. The number of anilines is 1. The third-order valence-electron chi connectivity index (χ3n) is 3.48. The molecule has 21 heavy (non-hydrogen) atoms. The van der Waals surface area contributed by atoms with Crippen LogP contribution in [-0.2, 0) is 9.84 Å². The Balaban J connectivity index is 2.11. The van der Waals surface area contributed by atoms with Gasteiger partial charge in [-0.25, -0.2) is 8.42 Å². The summed E-state index contributed by atoms with van der Waals surface area (Å²) < 4.78 is 23.3. The molecule has 8 nitrogen and oxygen atoms in total. The van der Waals surface area contributed by atoms with Crippen LogP contribution in [0.5, 0.6) is 0 Å². The number of sulfone groups is 1. The molecule has 1 saturated heterocycles. The number of nitro benzene ring substituents is 1. The number of hydrogen-bond donors (Lipinski definition) is 2. The van der Waals surface area contributed by atoms with Crippen LogP contribution in [0.4, 0.5) is 11.4 Å². The number of nitrogens with one attached hydrogen (secondary N) is 1. The van der Waals surface area contributed by atoms with Gasteiger partial charge in [-0.15, -0.1) is 0 Å². The second-order valence-electron chi connectivity index (χ2n) is 4.84. The lowest BCUT2D eigenvalue weighted by molar-refractivity contribution is -0.383. The highest BCUT2D eigenvalue weighted by Gasteiger charge is 2.31. The zero-order valence-electron chi connectivity index (χ0n) is 11.1. The van der Waals surface area contributed by atoms with Gasteiger partial charge in [0.05, 0.1) is 21.5 Å². The van der Waals surface area contributed by atoms with E-state index in [1.807, 2.05) is 0 Å². The fourth-order valence-electron chi connectivity index (χ4n) is 2.30. The van der Waals surface area contributed by atoms with Gasteiger partial charge in [0.2, 0.25) is 0 Å². The van der Waals surface area contributed by atoms with Gasteiger partial charge in [0, 0.05) is 12.6 Å². The van der Waals surface area contributed by atoms with Crippen molar-refractivity contribution in [3.8, 4) is 0 Å². The fourth-order valence-corrected chi connectivity index (χ4v) is 4.06. The molecule has 0 aromatic heterocycles. The Morgan fingerprint density at radius 1 is 1.48 bits per heavy atom. The molecule has 0 saturated carbocycles. The third-order valence-corrected chi connectivity index (χ3v) is 5.75. The number of amides is 1. The molecule has 1 fully saturated rings. The van der Waals surface area contributed by atoms with E-state index in [0.717, 1.165) is 0 Å². The topological polar surface area (TPSA) is 132 Å². The van der Waals surface area contributed by atoms with E-state index in [1.165, 1.54) is 18.2 Å². The molecule has 1 heterocycles. The number of rotatable bonds is 4. The van der Waals surface area contributed by atoms with Gasteiger partial charge in [0.15, 0.2) is 9.84 Å². The zero-order chi connectivity index (χ0) is 15.6. The van der Waals surface area contributed by atoms with Crippen LogP contribution in [0.15, 0.2) is 18.2 Å². The van der Waals surface area contributed by atoms with Crippen LogP contribution in [-0.4, -0.2) is 36.8 Å². The Morgan fingerprint density at radius 3 is 2.76 bits per heavy atom. The maximum Gasteiger partial charge on any atom is 0.292 e. The van der Waals surface area contributed by atoms with Gasteiger partial charge in [0.25, 0.3) is 11.6 Å². The molecule has 0 aliphatic carbocycles. The van der Waals surface area contributed by atoms with Crippen molar-refractivity contribution in [3.05, 3.63) is 33.9 Å². The molecule has 0 bridgehead atoms. The number of carbonyl (C=O) groups excluding carboxylic acids is 1. The third kappa shape index (κ3) is 3.13. The minimum absolute atomic E-state index is 0.0106. The van der Waals surface area contributed by atoms with E-state index in [1.54, 1.807) is 0 Å². The number of hydrogen-bond acceptors (Lipinski definition) is 6. The first-order valence-electron chi connectivity index (χ1n) is 6.35. The summed E-state index contributed by atoms with van der Waals surface area (Å²) in [5.74, 6) is -0.481. The Labute approximate surface area is 121 Å². The van der Waals surface area contributed by atoms with E-state index in [4.69, 9.17) is 5.73 Å². The van der Waals surface area contributed by atoms with E-state index in [9.17, 15) is 23.3 Å². The van der Waals surface area contributed by atoms with Gasteiger partial charge in [0.1, 0.15) is 5.69 Å².